The minimum Gasteiger partial charge on any atom is -0.379 e. The number of thiazole rings is 1. The van der Waals surface area contributed by atoms with Gasteiger partial charge in [0.1, 0.15) is 0 Å². The molecule has 2 aliphatic heterocycles. The lowest BCUT2D eigenvalue weighted by Gasteiger charge is -2.34. The average Bonchev–Trinajstić information content (AvgIpc) is 3.42. The van der Waals surface area contributed by atoms with Gasteiger partial charge in [-0.1, -0.05) is 30.7 Å². The quantitative estimate of drug-likeness (QED) is 0.342. The van der Waals surface area contributed by atoms with Crippen molar-refractivity contribution in [1.82, 2.24) is 14.2 Å². The van der Waals surface area contributed by atoms with Crippen molar-refractivity contribution in [3.63, 3.8) is 0 Å². The van der Waals surface area contributed by atoms with E-state index in [1.165, 1.54) is 16.9 Å². The number of carbonyl (C=O) groups excluding carboxylic acids is 1. The first kappa shape index (κ1) is 29.1. The number of aromatic nitrogens is 1. The summed E-state index contributed by atoms with van der Waals surface area (Å²) in [5.74, 6) is -0.163. The Balaban J connectivity index is 1.39. The van der Waals surface area contributed by atoms with Crippen molar-refractivity contribution < 1.29 is 17.9 Å². The lowest BCUT2D eigenvalue weighted by molar-refractivity contribution is 0.0376. The fourth-order valence-corrected chi connectivity index (χ4v) is 8.47. The molecule has 2 aromatic carbocycles. The average molecular weight is 585 g/mol. The second-order valence-corrected chi connectivity index (χ2v) is 13.7. The Bertz CT molecular complexity index is 1430. The number of ether oxygens (including phenoxy) is 1. The van der Waals surface area contributed by atoms with E-state index in [0.29, 0.717) is 23.8 Å². The van der Waals surface area contributed by atoms with Gasteiger partial charge < -0.3 is 4.74 Å². The van der Waals surface area contributed by atoms with Gasteiger partial charge in [0.15, 0.2) is 5.13 Å². The van der Waals surface area contributed by atoms with E-state index in [2.05, 4.69) is 30.9 Å². The van der Waals surface area contributed by atoms with Gasteiger partial charge in [0.25, 0.3) is 5.91 Å². The van der Waals surface area contributed by atoms with Crippen LogP contribution in [-0.2, 0) is 14.8 Å². The van der Waals surface area contributed by atoms with Crippen LogP contribution >= 0.6 is 11.3 Å². The molecule has 216 valence electrons. The third-order valence-electron chi connectivity index (χ3n) is 8.26. The SMILES string of the molecule is CCC1CCCCN1S(=O)(=O)c1ccc(C(=O)N(CCCN2CCOCC2)c2nc3c(C)c(C)ccc3s2)cc1. The number of amides is 1. The molecule has 8 nitrogen and oxygen atoms in total. The summed E-state index contributed by atoms with van der Waals surface area (Å²) in [5.41, 5.74) is 3.69. The molecule has 0 N–H and O–H groups in total. The van der Waals surface area contributed by atoms with Crippen molar-refractivity contribution in [2.24, 2.45) is 0 Å². The smallest absolute Gasteiger partial charge is 0.260 e. The van der Waals surface area contributed by atoms with Gasteiger partial charge in [0, 0.05) is 44.3 Å². The molecule has 0 spiro atoms. The van der Waals surface area contributed by atoms with Crippen LogP contribution in [-0.4, -0.2) is 80.5 Å². The lowest BCUT2D eigenvalue weighted by atomic mass is 10.0. The summed E-state index contributed by atoms with van der Waals surface area (Å²) >= 11 is 1.52. The van der Waals surface area contributed by atoms with Crippen LogP contribution in [0.5, 0.6) is 0 Å². The number of hydrogen-bond donors (Lipinski definition) is 0. The second kappa shape index (κ2) is 12.7. The van der Waals surface area contributed by atoms with E-state index in [-0.39, 0.29) is 16.8 Å². The number of rotatable bonds is 9. The summed E-state index contributed by atoms with van der Waals surface area (Å²) in [4.78, 5) is 23.2. The number of hydrogen-bond acceptors (Lipinski definition) is 7. The second-order valence-electron chi connectivity index (χ2n) is 10.8. The number of carbonyl (C=O) groups is 1. The van der Waals surface area contributed by atoms with Crippen molar-refractivity contribution in [3.05, 3.63) is 53.1 Å². The van der Waals surface area contributed by atoms with Gasteiger partial charge in [0.05, 0.1) is 28.3 Å². The number of fused-ring (bicyclic) bond motifs is 1. The van der Waals surface area contributed by atoms with Crippen LogP contribution in [0.2, 0.25) is 0 Å². The fourth-order valence-electron chi connectivity index (χ4n) is 5.65. The third-order valence-corrected chi connectivity index (χ3v) is 11.3. The number of piperidine rings is 1. The fraction of sp³-hybridized carbons (Fsp3) is 0.533. The minimum atomic E-state index is -3.61. The largest absolute Gasteiger partial charge is 0.379 e. The molecular formula is C30H40N4O4S2. The van der Waals surface area contributed by atoms with Crippen LogP contribution < -0.4 is 4.90 Å². The normalized spacial score (nSPS) is 19.2. The maximum absolute atomic E-state index is 13.9. The molecule has 2 saturated heterocycles. The Morgan fingerprint density at radius 1 is 1.07 bits per heavy atom. The molecule has 0 radical (unpaired) electrons. The minimum absolute atomic E-state index is 0.0353. The Kier molecular flexibility index (Phi) is 9.21. The summed E-state index contributed by atoms with van der Waals surface area (Å²) < 4.78 is 35.1. The van der Waals surface area contributed by atoms with Crippen LogP contribution in [0.15, 0.2) is 41.3 Å². The molecule has 1 amide bonds. The van der Waals surface area contributed by atoms with Crippen LogP contribution in [0, 0.1) is 13.8 Å². The molecule has 2 aliphatic rings. The monoisotopic (exact) mass is 584 g/mol. The number of sulfonamides is 1. The molecule has 3 heterocycles. The molecule has 5 rings (SSSR count). The number of anilines is 1. The predicted octanol–water partition coefficient (Wildman–Crippen LogP) is 5.24. The number of aryl methyl sites for hydroxylation is 2. The summed E-state index contributed by atoms with van der Waals surface area (Å²) in [6.07, 6.45) is 4.44. The molecule has 0 bridgehead atoms. The molecule has 1 atom stereocenters. The van der Waals surface area contributed by atoms with Gasteiger partial charge in [0.2, 0.25) is 10.0 Å². The zero-order valence-corrected chi connectivity index (χ0v) is 25.4. The van der Waals surface area contributed by atoms with Crippen LogP contribution in [0.4, 0.5) is 5.13 Å². The van der Waals surface area contributed by atoms with Gasteiger partial charge in [-0.2, -0.15) is 4.31 Å². The highest BCUT2D eigenvalue weighted by molar-refractivity contribution is 7.89. The van der Waals surface area contributed by atoms with Crippen molar-refractivity contribution >= 4 is 42.6 Å². The van der Waals surface area contributed by atoms with Crippen molar-refractivity contribution in [2.45, 2.75) is 63.8 Å². The summed E-state index contributed by atoms with van der Waals surface area (Å²) in [7, 11) is -3.61. The highest BCUT2D eigenvalue weighted by Crippen LogP contribution is 2.33. The first-order valence-electron chi connectivity index (χ1n) is 14.4. The highest BCUT2D eigenvalue weighted by atomic mass is 32.2. The van der Waals surface area contributed by atoms with Crippen molar-refractivity contribution in [3.8, 4) is 0 Å². The van der Waals surface area contributed by atoms with E-state index in [1.54, 1.807) is 33.5 Å². The molecule has 40 heavy (non-hydrogen) atoms. The van der Waals surface area contributed by atoms with Gasteiger partial charge in [-0.15, -0.1) is 0 Å². The van der Waals surface area contributed by atoms with Gasteiger partial charge in [-0.05, 0) is 81.0 Å². The maximum Gasteiger partial charge on any atom is 0.260 e. The third kappa shape index (κ3) is 6.11. The van der Waals surface area contributed by atoms with Crippen molar-refractivity contribution in [1.29, 1.82) is 0 Å². The lowest BCUT2D eigenvalue weighted by Crippen LogP contribution is -2.43. The molecule has 10 heteroatoms. The van der Waals surface area contributed by atoms with E-state index in [1.807, 2.05) is 6.92 Å². The molecule has 1 aromatic heterocycles. The topological polar surface area (TPSA) is 83.1 Å². The Labute approximate surface area is 242 Å². The van der Waals surface area contributed by atoms with E-state index >= 15 is 0 Å². The summed E-state index contributed by atoms with van der Waals surface area (Å²) in [6, 6.07) is 10.7. The zero-order chi connectivity index (χ0) is 28.3. The molecule has 1 unspecified atom stereocenters. The molecule has 0 saturated carbocycles. The predicted molar refractivity (Wildman–Crippen MR) is 161 cm³/mol. The first-order chi connectivity index (χ1) is 19.3. The molecular weight excluding hydrogens is 544 g/mol. The van der Waals surface area contributed by atoms with E-state index in [9.17, 15) is 13.2 Å². The van der Waals surface area contributed by atoms with Gasteiger partial charge in [-0.25, -0.2) is 13.4 Å². The van der Waals surface area contributed by atoms with E-state index in [0.717, 1.165) is 80.7 Å². The van der Waals surface area contributed by atoms with E-state index < -0.39 is 10.0 Å². The van der Waals surface area contributed by atoms with Crippen LogP contribution in [0.25, 0.3) is 10.2 Å². The summed E-state index contributed by atoms with van der Waals surface area (Å²) in [6.45, 7) is 11.4. The molecule has 3 aromatic rings. The Hall–Kier alpha value is -2.37. The highest BCUT2D eigenvalue weighted by Gasteiger charge is 2.32. The zero-order valence-electron chi connectivity index (χ0n) is 23.8. The molecule has 0 aliphatic carbocycles. The number of nitrogens with zero attached hydrogens (tertiary/aromatic N) is 4. The summed E-state index contributed by atoms with van der Waals surface area (Å²) in [5, 5.41) is 0.673. The van der Waals surface area contributed by atoms with Gasteiger partial charge >= 0.3 is 0 Å². The van der Waals surface area contributed by atoms with E-state index in [4.69, 9.17) is 9.72 Å². The van der Waals surface area contributed by atoms with Crippen LogP contribution in [0.3, 0.4) is 0 Å². The molecule has 2 fully saturated rings. The van der Waals surface area contributed by atoms with Crippen LogP contribution in [0.1, 0.15) is 60.5 Å². The Morgan fingerprint density at radius 2 is 1.82 bits per heavy atom. The standard InChI is InChI=1S/C30H40N4O4S2/c1-4-25-8-5-6-17-34(25)40(36,37)26-12-10-24(11-13-26)29(35)33(16-7-15-32-18-20-38-21-19-32)30-31-28-23(3)22(2)9-14-27(28)39-30/h9-14,25H,4-8,15-21H2,1-3H3. The first-order valence-corrected chi connectivity index (χ1v) is 16.7. The maximum atomic E-state index is 13.9. The number of benzene rings is 2. The van der Waals surface area contributed by atoms with Gasteiger partial charge in [-0.3, -0.25) is 14.6 Å². The van der Waals surface area contributed by atoms with Crippen molar-refractivity contribution in [2.75, 3.05) is 50.8 Å². The Morgan fingerprint density at radius 3 is 2.55 bits per heavy atom. The number of morpholine rings is 1.